The number of fused-ring (bicyclic) bond motifs is 2. The van der Waals surface area contributed by atoms with Crippen molar-refractivity contribution in [2.45, 2.75) is 84.0 Å². The quantitative estimate of drug-likeness (QED) is 0.0677. The van der Waals surface area contributed by atoms with E-state index in [1.54, 1.807) is 29.2 Å². The summed E-state index contributed by atoms with van der Waals surface area (Å²) in [4.78, 5) is 24.0. The molecule has 1 unspecified atom stereocenters. The number of carbonyl (C=O) groups excluding carboxylic acids is 1. The van der Waals surface area contributed by atoms with Crippen molar-refractivity contribution in [1.29, 1.82) is 0 Å². The first-order chi connectivity index (χ1) is 23.9. The third kappa shape index (κ3) is 8.04. The Kier molecular flexibility index (Phi) is 10.2. The average molecular weight is 759 g/mol. The lowest BCUT2D eigenvalue weighted by Gasteiger charge is -2.27. The number of imidazole rings is 1. The van der Waals surface area contributed by atoms with E-state index in [-0.39, 0.29) is 28.4 Å². The Balaban J connectivity index is 1.35. The first-order valence-electron chi connectivity index (χ1n) is 16.8. The van der Waals surface area contributed by atoms with Crippen molar-refractivity contribution in [3.63, 3.8) is 0 Å². The van der Waals surface area contributed by atoms with Crippen molar-refractivity contribution in [3.05, 3.63) is 82.3 Å². The normalized spacial score (nSPS) is 15.4. The van der Waals surface area contributed by atoms with Crippen molar-refractivity contribution in [2.75, 3.05) is 18.1 Å². The summed E-state index contributed by atoms with van der Waals surface area (Å²) in [5, 5.41) is 3.64. The van der Waals surface area contributed by atoms with Crippen LogP contribution in [0.1, 0.15) is 38.4 Å². The molecule has 51 heavy (non-hydrogen) atoms. The van der Waals surface area contributed by atoms with Gasteiger partial charge in [0.1, 0.15) is 19.3 Å². The molecule has 0 fully saturated rings. The molecule has 5 aromatic rings. The number of benzene rings is 2. The minimum absolute atomic E-state index is 0.140. The molecule has 0 spiro atoms. The lowest BCUT2D eigenvalue weighted by Crippen LogP contribution is -2.30. The van der Waals surface area contributed by atoms with Crippen molar-refractivity contribution >= 4 is 50.1 Å². The van der Waals surface area contributed by atoms with Crippen LogP contribution in [-0.2, 0) is 29.1 Å². The molecular formula is C35H42F4N6O3SSi2. The van der Waals surface area contributed by atoms with E-state index in [0.29, 0.717) is 53.7 Å². The zero-order valence-corrected chi connectivity index (χ0v) is 32.6. The lowest BCUT2D eigenvalue weighted by molar-refractivity contribution is -0.137. The molecule has 1 amide bonds. The molecule has 272 valence electrons. The first kappa shape index (κ1) is 37.1. The van der Waals surface area contributed by atoms with E-state index in [2.05, 4.69) is 54.3 Å². The van der Waals surface area contributed by atoms with Crippen LogP contribution in [0.15, 0.2) is 48.9 Å². The number of hydrogen-bond acceptors (Lipinski definition) is 7. The van der Waals surface area contributed by atoms with Crippen LogP contribution in [0.4, 0.5) is 23.2 Å². The number of halogens is 4. The fraction of sp³-hybridized carbons (Fsp3) is 0.429. The molecule has 2 aromatic carbocycles. The van der Waals surface area contributed by atoms with E-state index in [1.165, 1.54) is 17.0 Å². The average Bonchev–Trinajstić information content (AvgIpc) is 3.81. The van der Waals surface area contributed by atoms with Crippen LogP contribution in [0.3, 0.4) is 0 Å². The highest BCUT2D eigenvalue weighted by Gasteiger charge is 2.45. The molecule has 6 rings (SSSR count). The highest BCUT2D eigenvalue weighted by atomic mass is 32.1. The smallest absolute Gasteiger partial charge is 0.361 e. The van der Waals surface area contributed by atoms with Crippen molar-refractivity contribution < 1.29 is 31.8 Å². The highest BCUT2D eigenvalue weighted by Crippen LogP contribution is 2.45. The lowest BCUT2D eigenvalue weighted by atomic mass is 9.96. The molecule has 0 saturated carbocycles. The number of rotatable bonds is 13. The zero-order chi connectivity index (χ0) is 36.9. The first-order valence-corrected chi connectivity index (χ1v) is 25.0. The van der Waals surface area contributed by atoms with Crippen LogP contribution in [-0.4, -0.2) is 59.6 Å². The van der Waals surface area contributed by atoms with Gasteiger partial charge in [-0.1, -0.05) is 51.4 Å². The van der Waals surface area contributed by atoms with Gasteiger partial charge in [-0.2, -0.15) is 18.3 Å². The molecule has 16 heteroatoms. The molecule has 0 bridgehead atoms. The van der Waals surface area contributed by atoms with Crippen molar-refractivity contribution in [2.24, 2.45) is 0 Å². The SMILES string of the molecule is Cc1c2c(nn1COCC[Si](C)(C)C)C(=O)N(c1ccc3c(c1)ncn3COCC[Si](C)(C)C)C2c1ccc(-c2cnc(C(F)(F)F)s2)cc1F. The van der Waals surface area contributed by atoms with Gasteiger partial charge in [0.15, 0.2) is 10.7 Å². The Bertz CT molecular complexity index is 2060. The van der Waals surface area contributed by atoms with Gasteiger partial charge in [0.25, 0.3) is 5.91 Å². The molecule has 1 atom stereocenters. The number of anilines is 1. The summed E-state index contributed by atoms with van der Waals surface area (Å²) >= 11 is 0.444. The van der Waals surface area contributed by atoms with Crippen LogP contribution >= 0.6 is 11.3 Å². The molecule has 1 aliphatic rings. The van der Waals surface area contributed by atoms with Gasteiger partial charge in [-0.25, -0.2) is 19.0 Å². The fourth-order valence-electron chi connectivity index (χ4n) is 5.91. The maximum Gasteiger partial charge on any atom is 0.443 e. The van der Waals surface area contributed by atoms with Crippen LogP contribution in [0.2, 0.25) is 51.4 Å². The van der Waals surface area contributed by atoms with Gasteiger partial charge in [0.05, 0.1) is 28.3 Å². The van der Waals surface area contributed by atoms with Crippen LogP contribution in [0, 0.1) is 12.7 Å². The van der Waals surface area contributed by atoms with Crippen LogP contribution in [0.5, 0.6) is 0 Å². The third-order valence-electron chi connectivity index (χ3n) is 8.85. The Morgan fingerprint density at radius 3 is 2.24 bits per heavy atom. The summed E-state index contributed by atoms with van der Waals surface area (Å²) in [5.41, 5.74) is 3.77. The van der Waals surface area contributed by atoms with E-state index in [1.807, 2.05) is 17.6 Å². The van der Waals surface area contributed by atoms with Gasteiger partial charge in [-0.05, 0) is 48.8 Å². The van der Waals surface area contributed by atoms with Crippen molar-refractivity contribution in [1.82, 2.24) is 24.3 Å². The van der Waals surface area contributed by atoms with Crippen molar-refractivity contribution in [3.8, 4) is 10.4 Å². The van der Waals surface area contributed by atoms with E-state index >= 15 is 4.39 Å². The van der Waals surface area contributed by atoms with Gasteiger partial charge >= 0.3 is 6.18 Å². The number of alkyl halides is 3. The predicted molar refractivity (Wildman–Crippen MR) is 196 cm³/mol. The van der Waals surface area contributed by atoms with Gasteiger partial charge in [-0.3, -0.25) is 9.69 Å². The van der Waals surface area contributed by atoms with E-state index in [9.17, 15) is 18.0 Å². The summed E-state index contributed by atoms with van der Waals surface area (Å²) in [5.74, 6) is -1.09. The monoisotopic (exact) mass is 758 g/mol. The second-order valence-electron chi connectivity index (χ2n) is 15.3. The number of hydrogen-bond donors (Lipinski definition) is 0. The number of ether oxygens (including phenoxy) is 2. The number of nitrogens with zero attached hydrogens (tertiary/aromatic N) is 6. The largest absolute Gasteiger partial charge is 0.443 e. The maximum absolute atomic E-state index is 16.3. The minimum Gasteiger partial charge on any atom is -0.361 e. The minimum atomic E-state index is -4.60. The molecule has 3 aromatic heterocycles. The highest BCUT2D eigenvalue weighted by molar-refractivity contribution is 7.15. The summed E-state index contributed by atoms with van der Waals surface area (Å²) in [6.45, 7) is 17.2. The summed E-state index contributed by atoms with van der Waals surface area (Å²) in [6.07, 6.45) is -1.82. The Hall–Kier alpha value is -3.71. The molecule has 0 radical (unpaired) electrons. The Morgan fingerprint density at radius 2 is 1.61 bits per heavy atom. The molecule has 0 saturated heterocycles. The molecule has 0 N–H and O–H groups in total. The number of aromatic nitrogens is 5. The Labute approximate surface area is 300 Å². The van der Waals surface area contributed by atoms with Gasteiger partial charge in [0.2, 0.25) is 0 Å². The van der Waals surface area contributed by atoms with Crippen LogP contribution in [0.25, 0.3) is 21.5 Å². The zero-order valence-electron chi connectivity index (χ0n) is 29.8. The second kappa shape index (κ2) is 14.0. The van der Waals surface area contributed by atoms with E-state index < -0.39 is 45.1 Å². The standard InChI is InChI=1S/C35H42F4N6O3SSi2/c1-22-30-31(42-44(22)21-48-13-15-51(5,6)7)33(46)45(24-9-11-28-27(17-24)41-19-43(28)20-47-12-14-50(2,3)4)32(30)25-10-8-23(16-26(25)36)29-18-40-34(49-29)35(37,38)39/h8-11,16-19,32H,12-15,20-21H2,1-7H3. The van der Waals surface area contributed by atoms with E-state index in [0.717, 1.165) is 23.8 Å². The number of carbonyl (C=O) groups is 1. The third-order valence-corrected chi connectivity index (χ3v) is 13.4. The summed E-state index contributed by atoms with van der Waals surface area (Å²) in [6, 6.07) is 10.8. The number of amides is 1. The second-order valence-corrected chi connectivity index (χ2v) is 27.5. The number of thiazole rings is 1. The molecule has 4 heterocycles. The van der Waals surface area contributed by atoms with E-state index in [4.69, 9.17) is 9.47 Å². The van der Waals surface area contributed by atoms with Gasteiger partial charge in [0, 0.05) is 58.1 Å². The fourth-order valence-corrected chi connectivity index (χ4v) is 8.20. The maximum atomic E-state index is 16.3. The van der Waals surface area contributed by atoms with Gasteiger partial charge in [-0.15, -0.1) is 11.3 Å². The topological polar surface area (TPSA) is 87.3 Å². The van der Waals surface area contributed by atoms with Crippen LogP contribution < -0.4 is 4.90 Å². The van der Waals surface area contributed by atoms with Gasteiger partial charge < -0.3 is 14.0 Å². The molecule has 1 aliphatic heterocycles. The molecule has 0 aliphatic carbocycles. The summed E-state index contributed by atoms with van der Waals surface area (Å²) < 4.78 is 71.4. The predicted octanol–water partition coefficient (Wildman–Crippen LogP) is 9.20. The Morgan fingerprint density at radius 1 is 0.922 bits per heavy atom. The molecular weight excluding hydrogens is 717 g/mol. The molecule has 9 nitrogen and oxygen atoms in total. The summed E-state index contributed by atoms with van der Waals surface area (Å²) in [7, 11) is -2.57.